The number of rotatable bonds is 4. The van der Waals surface area contributed by atoms with E-state index in [2.05, 4.69) is 207 Å². The molecule has 0 unspecified atom stereocenters. The summed E-state index contributed by atoms with van der Waals surface area (Å²) >= 11 is 0. The summed E-state index contributed by atoms with van der Waals surface area (Å²) in [5, 5.41) is 6.43. The SMILES string of the molecule is CC1(C)CCC(C)(C)c2cc(-c3c4c(cc5oc6ccccc6c35)N3c5cc6c(cc5C(C)(C)c5cccc(c53)B4)C(C)(C)CCC6(C)C)c(Nc3ccc(-c4ccccc4)cc3)cc21. The molecule has 3 nitrogen and oxygen atoms in total. The minimum Gasteiger partial charge on any atom is -0.456 e. The molecule has 0 saturated carbocycles. The molecule has 0 amide bonds. The molecule has 2 aliphatic carbocycles. The minimum atomic E-state index is -0.183. The van der Waals surface area contributed by atoms with Crippen LogP contribution < -0.4 is 21.1 Å². The van der Waals surface area contributed by atoms with Gasteiger partial charge in [-0.3, -0.25) is 0 Å². The lowest BCUT2D eigenvalue weighted by Gasteiger charge is -2.49. The quantitative estimate of drug-likeness (QED) is 0.179. The van der Waals surface area contributed by atoms with E-state index >= 15 is 0 Å². The van der Waals surface area contributed by atoms with Crippen molar-refractivity contribution in [3.8, 4) is 22.3 Å². The molecule has 8 aromatic rings. The van der Waals surface area contributed by atoms with Gasteiger partial charge in [0.25, 0.3) is 0 Å². The van der Waals surface area contributed by atoms with Crippen LogP contribution in [-0.2, 0) is 27.1 Å². The highest BCUT2D eigenvalue weighted by molar-refractivity contribution is 6.74. The van der Waals surface area contributed by atoms with Gasteiger partial charge in [0.2, 0.25) is 0 Å². The molecule has 4 heteroatoms. The highest BCUT2D eigenvalue weighted by atomic mass is 16.3. The van der Waals surface area contributed by atoms with Gasteiger partial charge in [-0.05, 0) is 139 Å². The van der Waals surface area contributed by atoms with Crippen molar-refractivity contribution < 1.29 is 4.42 Å². The van der Waals surface area contributed by atoms with Crippen molar-refractivity contribution in [3.63, 3.8) is 0 Å². The Morgan fingerprint density at radius 1 is 0.508 bits per heavy atom. The third-order valence-corrected chi connectivity index (χ3v) is 16.8. The maximum Gasteiger partial charge on any atom is 0.198 e. The van der Waals surface area contributed by atoms with Crippen LogP contribution in [0, 0.1) is 0 Å². The summed E-state index contributed by atoms with van der Waals surface area (Å²) in [6.45, 7) is 24.5. The van der Waals surface area contributed by atoms with E-state index in [1.54, 1.807) is 0 Å². The molecular weight excluding hydrogens is 787 g/mol. The maximum atomic E-state index is 7.04. The lowest BCUT2D eigenvalue weighted by atomic mass is 9.55. The van der Waals surface area contributed by atoms with E-state index in [0.717, 1.165) is 48.0 Å². The number of nitrogens with zero attached hydrogens (tertiary/aromatic N) is 1. The monoisotopic (exact) mass is 848 g/mol. The second-order valence-corrected chi connectivity index (χ2v) is 23.1. The minimum absolute atomic E-state index is 0.0143. The predicted molar refractivity (Wildman–Crippen MR) is 278 cm³/mol. The van der Waals surface area contributed by atoms with Crippen LogP contribution in [0.4, 0.5) is 28.4 Å². The van der Waals surface area contributed by atoms with E-state index < -0.39 is 0 Å². The maximum absolute atomic E-state index is 7.04. The van der Waals surface area contributed by atoms with Crippen LogP contribution in [0.15, 0.2) is 132 Å². The first kappa shape index (κ1) is 40.5. The zero-order valence-electron chi connectivity index (χ0n) is 40.0. The molecule has 0 radical (unpaired) electrons. The fraction of sp³-hybridized carbons (Fsp3) is 0.311. The van der Waals surface area contributed by atoms with Gasteiger partial charge in [-0.1, -0.05) is 160 Å². The Morgan fingerprint density at radius 3 is 1.80 bits per heavy atom. The van der Waals surface area contributed by atoms with E-state index in [1.807, 2.05) is 0 Å². The Bertz CT molecular complexity index is 3290. The van der Waals surface area contributed by atoms with E-state index in [-0.39, 0.29) is 27.1 Å². The Hall–Kier alpha value is -6.00. The average Bonchev–Trinajstić information content (AvgIpc) is 3.66. The molecule has 324 valence electrons. The summed E-state index contributed by atoms with van der Waals surface area (Å²) in [5.41, 5.74) is 24.4. The van der Waals surface area contributed by atoms with Crippen LogP contribution in [0.2, 0.25) is 0 Å². The van der Waals surface area contributed by atoms with Gasteiger partial charge in [-0.2, -0.15) is 0 Å². The Morgan fingerprint density at radius 2 is 1.11 bits per heavy atom. The molecule has 1 N–H and O–H groups in total. The Kier molecular flexibility index (Phi) is 8.44. The van der Waals surface area contributed by atoms with Crippen molar-refractivity contribution in [3.05, 3.63) is 161 Å². The zero-order chi connectivity index (χ0) is 45.0. The topological polar surface area (TPSA) is 28.4 Å². The van der Waals surface area contributed by atoms with Crippen LogP contribution in [0.1, 0.15) is 128 Å². The number of anilines is 5. The summed E-state index contributed by atoms with van der Waals surface area (Å²) in [6, 6.07) is 48.2. The first-order chi connectivity index (χ1) is 30.9. The zero-order valence-corrected chi connectivity index (χ0v) is 40.0. The number of para-hydroxylation sites is 2. The molecule has 0 saturated heterocycles. The van der Waals surface area contributed by atoms with Gasteiger partial charge < -0.3 is 14.6 Å². The van der Waals surface area contributed by atoms with E-state index in [9.17, 15) is 0 Å². The Balaban J connectivity index is 1.17. The standard InChI is InChI=1S/C61H61BN2O/c1-57(2)27-29-59(5,6)44-33-48(63-38-25-23-37(24-26-38)36-17-12-11-13-18-36)40(31-42(44)57)54-53-39-19-14-15-22-51(39)65-52(53)35-50-55(54)62-47-21-16-20-41-56(47)64(50)49-34-45-43(32-46(49)61(41,9)10)58(3,4)28-30-60(45,7)8/h11-26,31-35,62-63H,27-30H2,1-10H3. The average molecular weight is 849 g/mol. The van der Waals surface area contributed by atoms with Crippen LogP contribution in [0.3, 0.4) is 0 Å². The number of fused-ring (bicyclic) bond motifs is 9. The molecule has 65 heavy (non-hydrogen) atoms. The van der Waals surface area contributed by atoms with Gasteiger partial charge in [-0.25, -0.2) is 0 Å². The third-order valence-electron chi connectivity index (χ3n) is 16.8. The molecule has 3 heterocycles. The number of furan rings is 1. The van der Waals surface area contributed by atoms with Crippen molar-refractivity contribution in [2.75, 3.05) is 10.2 Å². The van der Waals surface area contributed by atoms with Crippen LogP contribution >= 0.6 is 0 Å². The first-order valence-corrected chi connectivity index (χ1v) is 24.1. The van der Waals surface area contributed by atoms with Crippen LogP contribution in [0.25, 0.3) is 44.2 Å². The van der Waals surface area contributed by atoms with E-state index in [4.69, 9.17) is 4.42 Å². The summed E-state index contributed by atoms with van der Waals surface area (Å²) in [6.07, 6.45) is 4.66. The van der Waals surface area contributed by atoms with Gasteiger partial charge in [0.15, 0.2) is 7.28 Å². The lowest BCUT2D eigenvalue weighted by Crippen LogP contribution is -2.46. The van der Waals surface area contributed by atoms with Crippen molar-refractivity contribution in [1.29, 1.82) is 0 Å². The first-order valence-electron chi connectivity index (χ1n) is 24.1. The molecule has 0 fully saturated rings. The number of benzene rings is 7. The molecule has 4 aliphatic rings. The number of nitrogens with one attached hydrogen (secondary N) is 1. The highest BCUT2D eigenvalue weighted by Gasteiger charge is 2.46. The third kappa shape index (κ3) is 5.94. The molecular formula is C61H61BN2O. The molecule has 12 rings (SSSR count). The Labute approximate surface area is 386 Å². The molecule has 7 aromatic carbocycles. The fourth-order valence-electron chi connectivity index (χ4n) is 12.5. The van der Waals surface area contributed by atoms with Gasteiger partial charge in [0.05, 0.1) is 5.69 Å². The molecule has 0 bridgehead atoms. The smallest absolute Gasteiger partial charge is 0.198 e. The largest absolute Gasteiger partial charge is 0.456 e. The lowest BCUT2D eigenvalue weighted by molar-refractivity contribution is 0.331. The van der Waals surface area contributed by atoms with E-state index in [1.165, 1.54) is 102 Å². The van der Waals surface area contributed by atoms with Crippen molar-refractivity contribution in [1.82, 2.24) is 0 Å². The van der Waals surface area contributed by atoms with Gasteiger partial charge in [-0.15, -0.1) is 0 Å². The summed E-state index contributed by atoms with van der Waals surface area (Å²) in [7, 11) is 0.825. The summed E-state index contributed by atoms with van der Waals surface area (Å²) in [4.78, 5) is 2.67. The van der Waals surface area contributed by atoms with Crippen molar-refractivity contribution in [2.45, 2.75) is 122 Å². The van der Waals surface area contributed by atoms with Crippen LogP contribution in [0.5, 0.6) is 0 Å². The predicted octanol–water partition coefficient (Wildman–Crippen LogP) is 15.2. The second kappa shape index (κ2) is 13.5. The van der Waals surface area contributed by atoms with Gasteiger partial charge >= 0.3 is 0 Å². The van der Waals surface area contributed by atoms with Crippen molar-refractivity contribution in [2.24, 2.45) is 0 Å². The number of hydrogen-bond donors (Lipinski definition) is 1. The highest BCUT2D eigenvalue weighted by Crippen LogP contribution is 2.58. The normalized spacial score (nSPS) is 18.8. The van der Waals surface area contributed by atoms with Gasteiger partial charge in [0.1, 0.15) is 11.2 Å². The van der Waals surface area contributed by atoms with E-state index in [0.29, 0.717) is 0 Å². The second-order valence-electron chi connectivity index (χ2n) is 23.1. The van der Waals surface area contributed by atoms with Crippen LogP contribution in [-0.4, -0.2) is 7.28 Å². The van der Waals surface area contributed by atoms with Gasteiger partial charge in [0, 0.05) is 50.6 Å². The molecule has 1 aromatic heterocycles. The summed E-state index contributed by atoms with van der Waals surface area (Å²) in [5.74, 6) is 0. The number of hydrogen-bond acceptors (Lipinski definition) is 3. The molecule has 2 aliphatic heterocycles. The van der Waals surface area contributed by atoms with Crippen molar-refractivity contribution >= 4 is 68.6 Å². The molecule has 0 atom stereocenters. The fourth-order valence-corrected chi connectivity index (χ4v) is 12.5. The molecule has 0 spiro atoms. The summed E-state index contributed by atoms with van der Waals surface area (Å²) < 4.78 is 7.04.